The van der Waals surface area contributed by atoms with Crippen molar-refractivity contribution in [2.45, 2.75) is 98.3 Å². The van der Waals surface area contributed by atoms with Crippen LogP contribution in [0.1, 0.15) is 66.9 Å². The van der Waals surface area contributed by atoms with Crippen LogP contribution in [-0.2, 0) is 35.3 Å². The number of carbonyl (C=O) groups excluding carboxylic acids is 4. The summed E-state index contributed by atoms with van der Waals surface area (Å²) in [6, 6.07) is 6.35. The number of rotatable bonds is 15. The molecule has 0 fully saturated rings. The quantitative estimate of drug-likeness (QED) is 0.211. The number of carboxylic acid groups (broad SMARTS) is 1. The summed E-state index contributed by atoms with van der Waals surface area (Å²) in [6.07, 6.45) is -4.06. The third-order valence-electron chi connectivity index (χ3n) is 6.59. The van der Waals surface area contributed by atoms with Crippen LogP contribution in [0.2, 0.25) is 0 Å². The highest BCUT2D eigenvalue weighted by molar-refractivity contribution is 5.94. The average Bonchev–Trinajstić information content (AvgIpc) is 2.95. The first-order chi connectivity index (χ1) is 20.7. The topological polar surface area (TPSA) is 154 Å². The van der Waals surface area contributed by atoms with Crippen molar-refractivity contribution >= 4 is 29.7 Å². The van der Waals surface area contributed by atoms with Crippen LogP contribution in [0, 0.1) is 17.8 Å². The molecule has 3 amide bonds. The van der Waals surface area contributed by atoms with E-state index in [1.54, 1.807) is 21.0 Å². The monoisotopic (exact) mass is 646 g/mol. The number of esters is 1. The number of carboxylic acids is 1. The van der Waals surface area contributed by atoms with E-state index in [0.29, 0.717) is 18.8 Å². The van der Waals surface area contributed by atoms with Crippen LogP contribution in [0.3, 0.4) is 0 Å². The van der Waals surface area contributed by atoms with Crippen molar-refractivity contribution in [1.29, 1.82) is 0 Å². The molecule has 1 aromatic rings. The van der Waals surface area contributed by atoms with Crippen molar-refractivity contribution in [3.05, 3.63) is 35.9 Å². The van der Waals surface area contributed by atoms with E-state index in [1.807, 2.05) is 71.9 Å². The molecule has 0 aromatic heterocycles. The SMILES string of the molecule is CN[C@@H](CC(C)C)C(=O)N[C@H](C(=O)N(C)[C@@H](CC(C)C)C(=O)N[C@@H](C)C(=O)OCc1ccccc1)C(C)C.O=C(O)C(F)(F)F. The Morgan fingerprint density at radius 1 is 0.867 bits per heavy atom. The summed E-state index contributed by atoms with van der Waals surface area (Å²) in [5, 5.41) is 15.7. The molecule has 14 heteroatoms. The van der Waals surface area contributed by atoms with Crippen LogP contribution in [0.15, 0.2) is 30.3 Å². The minimum absolute atomic E-state index is 0.105. The molecule has 1 aromatic carbocycles. The van der Waals surface area contributed by atoms with Gasteiger partial charge in [-0.2, -0.15) is 13.2 Å². The molecule has 45 heavy (non-hydrogen) atoms. The van der Waals surface area contributed by atoms with Crippen molar-refractivity contribution in [1.82, 2.24) is 20.9 Å². The maximum Gasteiger partial charge on any atom is 0.490 e. The van der Waals surface area contributed by atoms with E-state index >= 15 is 0 Å². The number of halogens is 3. The molecule has 0 bridgehead atoms. The van der Waals surface area contributed by atoms with Crippen LogP contribution in [-0.4, -0.2) is 84.1 Å². The molecule has 0 aliphatic heterocycles. The Morgan fingerprint density at radius 3 is 1.80 bits per heavy atom. The number of benzene rings is 1. The van der Waals surface area contributed by atoms with Crippen LogP contribution >= 0.6 is 0 Å². The van der Waals surface area contributed by atoms with Gasteiger partial charge in [0.2, 0.25) is 17.7 Å². The summed E-state index contributed by atoms with van der Waals surface area (Å²) in [7, 11) is 3.29. The van der Waals surface area contributed by atoms with Gasteiger partial charge in [-0.1, -0.05) is 71.9 Å². The Labute approximate surface area is 263 Å². The Hall–Kier alpha value is -3.68. The van der Waals surface area contributed by atoms with Gasteiger partial charge < -0.3 is 30.7 Å². The lowest BCUT2D eigenvalue weighted by Crippen LogP contribution is -2.59. The minimum atomic E-state index is -5.08. The first-order valence-electron chi connectivity index (χ1n) is 14.8. The fourth-order valence-electron chi connectivity index (χ4n) is 4.08. The summed E-state index contributed by atoms with van der Waals surface area (Å²) in [5.74, 6) is -4.15. The molecule has 4 N–H and O–H groups in total. The fourth-order valence-corrected chi connectivity index (χ4v) is 4.08. The molecule has 4 atom stereocenters. The number of hydrogen-bond donors (Lipinski definition) is 4. The number of nitrogens with zero attached hydrogens (tertiary/aromatic N) is 1. The Bertz CT molecular complexity index is 1100. The third kappa shape index (κ3) is 15.7. The molecule has 11 nitrogen and oxygen atoms in total. The largest absolute Gasteiger partial charge is 0.490 e. The van der Waals surface area contributed by atoms with Gasteiger partial charge in [0.1, 0.15) is 24.7 Å². The smallest absolute Gasteiger partial charge is 0.475 e. The molecule has 0 aliphatic carbocycles. The molecule has 1 rings (SSSR count). The molecule has 0 unspecified atom stereocenters. The zero-order valence-electron chi connectivity index (χ0n) is 27.5. The first kappa shape index (κ1) is 41.3. The normalized spacial score (nSPS) is 14.0. The minimum Gasteiger partial charge on any atom is -0.475 e. The molecule has 0 aliphatic rings. The Balaban J connectivity index is 0.00000246. The highest BCUT2D eigenvalue weighted by Crippen LogP contribution is 2.16. The number of hydrogen-bond acceptors (Lipinski definition) is 7. The lowest BCUT2D eigenvalue weighted by Gasteiger charge is -2.34. The van der Waals surface area contributed by atoms with E-state index in [9.17, 15) is 32.3 Å². The third-order valence-corrected chi connectivity index (χ3v) is 6.59. The number of nitrogens with one attached hydrogen (secondary N) is 3. The summed E-state index contributed by atoms with van der Waals surface area (Å²) < 4.78 is 37.1. The van der Waals surface area contributed by atoms with Crippen LogP contribution in [0.25, 0.3) is 0 Å². The lowest BCUT2D eigenvalue weighted by molar-refractivity contribution is -0.192. The average molecular weight is 647 g/mol. The number of alkyl halides is 3. The number of amides is 3. The van der Waals surface area contributed by atoms with Gasteiger partial charge in [-0.15, -0.1) is 0 Å². The Morgan fingerprint density at radius 2 is 1.38 bits per heavy atom. The molecule has 256 valence electrons. The number of carbonyl (C=O) groups is 5. The number of ether oxygens (including phenoxy) is 1. The summed E-state index contributed by atoms with van der Waals surface area (Å²) in [6.45, 7) is 13.4. The van der Waals surface area contributed by atoms with E-state index < -0.39 is 48.2 Å². The van der Waals surface area contributed by atoms with Crippen molar-refractivity contribution in [2.75, 3.05) is 14.1 Å². The summed E-state index contributed by atoms with van der Waals surface area (Å²) in [5.41, 5.74) is 0.845. The van der Waals surface area contributed by atoms with Crippen molar-refractivity contribution in [2.24, 2.45) is 17.8 Å². The van der Waals surface area contributed by atoms with Crippen molar-refractivity contribution in [3.8, 4) is 0 Å². The number of aliphatic carboxylic acids is 1. The van der Waals surface area contributed by atoms with Gasteiger partial charge in [0.15, 0.2) is 0 Å². The van der Waals surface area contributed by atoms with E-state index in [2.05, 4.69) is 16.0 Å². The second-order valence-corrected chi connectivity index (χ2v) is 11.9. The molecule has 0 spiro atoms. The predicted molar refractivity (Wildman–Crippen MR) is 163 cm³/mol. The van der Waals surface area contributed by atoms with E-state index in [0.717, 1.165) is 5.56 Å². The van der Waals surface area contributed by atoms with E-state index in [1.165, 1.54) is 4.90 Å². The molecular weight excluding hydrogens is 597 g/mol. The summed E-state index contributed by atoms with van der Waals surface area (Å²) >= 11 is 0. The fraction of sp³-hybridized carbons (Fsp3) is 0.645. The molecule has 0 saturated carbocycles. The van der Waals surface area contributed by atoms with Crippen molar-refractivity contribution < 1.29 is 47.0 Å². The van der Waals surface area contributed by atoms with Gasteiger partial charge >= 0.3 is 18.1 Å². The van der Waals surface area contributed by atoms with Gasteiger partial charge in [-0.3, -0.25) is 14.4 Å². The lowest BCUT2D eigenvalue weighted by atomic mass is 9.97. The van der Waals surface area contributed by atoms with Crippen LogP contribution in [0.5, 0.6) is 0 Å². The van der Waals surface area contributed by atoms with Crippen LogP contribution < -0.4 is 16.0 Å². The predicted octanol–water partition coefficient (Wildman–Crippen LogP) is 3.52. The molecular formula is C31H49F3N4O7. The molecule has 0 heterocycles. The van der Waals surface area contributed by atoms with Gasteiger partial charge in [-0.25, -0.2) is 9.59 Å². The Kier molecular flexibility index (Phi) is 18.0. The zero-order chi connectivity index (χ0) is 35.1. The standard InChI is InChI=1S/C29H48N4O5.C2HF3O2/c1-18(2)15-23(30-8)26(34)32-25(20(5)6)28(36)33(9)24(16-19(3)4)27(35)31-21(7)29(37)38-17-22-13-11-10-12-14-22;3-2(4,5)1(6)7/h10-14,18-21,23-25,30H,15-17H2,1-9H3,(H,31,35)(H,32,34);(H,6,7)/t21-,23-,24-,25-;/m0./s1. The van der Waals surface area contributed by atoms with E-state index in [4.69, 9.17) is 14.6 Å². The second-order valence-electron chi connectivity index (χ2n) is 11.9. The first-order valence-corrected chi connectivity index (χ1v) is 14.8. The summed E-state index contributed by atoms with van der Waals surface area (Å²) in [4.78, 5) is 62.6. The number of likely N-dealkylation sites (N-methyl/N-ethyl adjacent to an activating group) is 2. The van der Waals surface area contributed by atoms with Gasteiger partial charge in [0.05, 0.1) is 6.04 Å². The zero-order valence-corrected chi connectivity index (χ0v) is 27.5. The second kappa shape index (κ2) is 19.7. The highest BCUT2D eigenvalue weighted by atomic mass is 19.4. The van der Waals surface area contributed by atoms with Gasteiger partial charge in [-0.05, 0) is 50.1 Å². The van der Waals surface area contributed by atoms with Crippen molar-refractivity contribution in [3.63, 3.8) is 0 Å². The van der Waals surface area contributed by atoms with E-state index in [-0.39, 0.29) is 30.3 Å². The van der Waals surface area contributed by atoms with Crippen LogP contribution in [0.4, 0.5) is 13.2 Å². The maximum absolute atomic E-state index is 13.6. The van der Waals surface area contributed by atoms with Gasteiger partial charge in [0.25, 0.3) is 0 Å². The molecule has 0 saturated heterocycles. The molecule has 0 radical (unpaired) electrons. The highest BCUT2D eigenvalue weighted by Gasteiger charge is 2.38. The maximum atomic E-state index is 13.6. The van der Waals surface area contributed by atoms with Gasteiger partial charge in [0, 0.05) is 7.05 Å².